The van der Waals surface area contributed by atoms with Crippen molar-refractivity contribution in [1.82, 2.24) is 24.5 Å². The van der Waals surface area contributed by atoms with Crippen molar-refractivity contribution < 1.29 is 9.84 Å². The predicted octanol–water partition coefficient (Wildman–Crippen LogP) is 6.60. The molecule has 0 atom stereocenters. The lowest BCUT2D eigenvalue weighted by atomic mass is 10.3. The number of nitrogens with zero attached hydrogens (tertiary/aromatic N) is 6. The van der Waals surface area contributed by atoms with E-state index in [1.807, 2.05) is 23.8 Å². The van der Waals surface area contributed by atoms with Crippen LogP contribution in [-0.4, -0.2) is 44.3 Å². The molecule has 0 saturated heterocycles. The van der Waals surface area contributed by atoms with Gasteiger partial charge in [-0.3, -0.25) is 9.55 Å². The van der Waals surface area contributed by atoms with E-state index in [4.69, 9.17) is 37.9 Å². The molecule has 0 aliphatic heterocycles. The summed E-state index contributed by atoms with van der Waals surface area (Å²) in [6, 6.07) is 8.39. The zero-order chi connectivity index (χ0) is 27.3. The first-order chi connectivity index (χ1) is 18.1. The van der Waals surface area contributed by atoms with Crippen LogP contribution in [0.25, 0.3) is 10.6 Å². The van der Waals surface area contributed by atoms with Crippen LogP contribution in [0.2, 0.25) is 35.7 Å². The number of aromatic nitrogens is 5. The monoisotopic (exact) mass is 606 g/mol. The van der Waals surface area contributed by atoms with E-state index in [-0.39, 0.29) is 6.61 Å². The molecule has 1 aromatic carbocycles. The summed E-state index contributed by atoms with van der Waals surface area (Å²) >= 11 is 15.5. The third-order valence-corrected chi connectivity index (χ3v) is 9.82. The van der Waals surface area contributed by atoms with Gasteiger partial charge in [-0.05, 0) is 42.9 Å². The van der Waals surface area contributed by atoms with Crippen LogP contribution >= 0.6 is 46.3 Å². The van der Waals surface area contributed by atoms with Gasteiger partial charge in [0.1, 0.15) is 6.73 Å². The number of hydrogen-bond donors (Lipinski definition) is 1. The van der Waals surface area contributed by atoms with Crippen molar-refractivity contribution in [2.24, 2.45) is 4.99 Å². The number of halogens is 2. The van der Waals surface area contributed by atoms with Crippen molar-refractivity contribution in [1.29, 1.82) is 0 Å². The van der Waals surface area contributed by atoms with Gasteiger partial charge in [0.25, 0.3) is 0 Å². The van der Waals surface area contributed by atoms with E-state index in [0.29, 0.717) is 49.7 Å². The average Bonchev–Trinajstić information content (AvgIpc) is 3.26. The van der Waals surface area contributed by atoms with Gasteiger partial charge in [-0.15, -0.1) is 0 Å². The largest absolute Gasteiger partial charge is 0.390 e. The highest BCUT2D eigenvalue weighted by Gasteiger charge is 2.15. The second kappa shape index (κ2) is 12.8. The van der Waals surface area contributed by atoms with E-state index < -0.39 is 8.07 Å². The number of rotatable bonds is 10. The second-order valence-corrected chi connectivity index (χ2v) is 18.1. The molecule has 13 heteroatoms. The lowest BCUT2D eigenvalue weighted by molar-refractivity contribution is 0.0855. The molecule has 0 bridgehead atoms. The van der Waals surface area contributed by atoms with Crippen molar-refractivity contribution in [2.45, 2.75) is 56.0 Å². The number of benzene rings is 1. The van der Waals surface area contributed by atoms with Gasteiger partial charge in [-0.2, -0.15) is 4.99 Å². The Hall–Kier alpha value is -2.12. The molecule has 0 spiro atoms. The summed E-state index contributed by atoms with van der Waals surface area (Å²) in [7, 11) is -1.21. The molecule has 1 N–H and O–H groups in total. The average molecular weight is 608 g/mol. The van der Waals surface area contributed by atoms with E-state index in [9.17, 15) is 5.11 Å². The first-order valence-electron chi connectivity index (χ1n) is 11.8. The zero-order valence-corrected chi connectivity index (χ0v) is 25.6. The molecule has 4 rings (SSSR count). The molecule has 0 saturated carbocycles. The summed E-state index contributed by atoms with van der Waals surface area (Å²) in [4.78, 5) is 24.9. The minimum Gasteiger partial charge on any atom is -0.390 e. The standard InChI is InChI=1S/C25H28Cl2N6O2S2Si/c1-16-10-20(31-24(30-16)37-23-18(26)6-5-7-19(23)27)21-13-33(15-35-8-9-38(2,3)4)25(36-21)32-22-12-28-17(14-34)11-29-22/h5-7,10-13,34H,8-9,14-15H2,1-4H3. The molecule has 200 valence electrons. The molecular weight excluding hydrogens is 579 g/mol. The molecule has 38 heavy (non-hydrogen) atoms. The first-order valence-corrected chi connectivity index (χ1v) is 17.9. The van der Waals surface area contributed by atoms with Gasteiger partial charge in [0.15, 0.2) is 15.8 Å². The van der Waals surface area contributed by atoms with Crippen LogP contribution < -0.4 is 4.80 Å². The van der Waals surface area contributed by atoms with Gasteiger partial charge < -0.3 is 9.84 Å². The Morgan fingerprint density at radius 1 is 1.13 bits per heavy atom. The quantitative estimate of drug-likeness (QED) is 0.123. The van der Waals surface area contributed by atoms with Crippen LogP contribution in [0.3, 0.4) is 0 Å². The van der Waals surface area contributed by atoms with Crippen molar-refractivity contribution in [2.75, 3.05) is 6.61 Å². The fraction of sp³-hybridized carbons (Fsp3) is 0.320. The molecule has 0 amide bonds. The predicted molar refractivity (Wildman–Crippen MR) is 156 cm³/mol. The molecule has 0 aliphatic rings. The van der Waals surface area contributed by atoms with Crippen molar-refractivity contribution in [3.05, 3.63) is 69.1 Å². The highest BCUT2D eigenvalue weighted by atomic mass is 35.5. The van der Waals surface area contributed by atoms with Crippen LogP contribution in [0.4, 0.5) is 5.82 Å². The summed E-state index contributed by atoms with van der Waals surface area (Å²) in [5.41, 5.74) is 2.06. The number of ether oxygens (including phenoxy) is 1. The summed E-state index contributed by atoms with van der Waals surface area (Å²) in [6.07, 6.45) is 5.03. The van der Waals surface area contributed by atoms with Crippen molar-refractivity contribution in [3.8, 4) is 10.6 Å². The number of aryl methyl sites for hydroxylation is 1. The van der Waals surface area contributed by atoms with Crippen molar-refractivity contribution >= 4 is 60.2 Å². The van der Waals surface area contributed by atoms with Crippen LogP contribution in [0.15, 0.2) is 57.9 Å². The molecule has 0 aliphatic carbocycles. The second-order valence-electron chi connectivity index (χ2n) is 9.66. The summed E-state index contributed by atoms with van der Waals surface area (Å²) < 4.78 is 7.97. The molecule has 4 aromatic rings. The fourth-order valence-electron chi connectivity index (χ4n) is 3.19. The molecule has 8 nitrogen and oxygen atoms in total. The summed E-state index contributed by atoms with van der Waals surface area (Å²) in [5.74, 6) is 0.440. The minimum absolute atomic E-state index is 0.172. The van der Waals surface area contributed by atoms with Gasteiger partial charge in [-0.25, -0.2) is 15.0 Å². The molecule has 3 aromatic heterocycles. The SMILES string of the molecule is Cc1cc(-c2cn(COCC[Si](C)(C)C)c(=Nc3cnc(CO)cn3)s2)nc(Sc2c(Cl)cccc2Cl)n1. The minimum atomic E-state index is -1.21. The van der Waals surface area contributed by atoms with Gasteiger partial charge in [-0.1, -0.05) is 60.2 Å². The van der Waals surface area contributed by atoms with E-state index >= 15 is 0 Å². The molecule has 0 fully saturated rings. The fourth-order valence-corrected chi connectivity index (χ4v) is 6.37. The summed E-state index contributed by atoms with van der Waals surface area (Å²) in [6.45, 7) is 9.76. The maximum atomic E-state index is 9.26. The van der Waals surface area contributed by atoms with E-state index in [1.54, 1.807) is 18.2 Å². The molecular formula is C25H28Cl2N6O2S2Si. The summed E-state index contributed by atoms with van der Waals surface area (Å²) in [5, 5.41) is 10.9. The van der Waals surface area contributed by atoms with Gasteiger partial charge in [0.05, 0.1) is 50.2 Å². The van der Waals surface area contributed by atoms with E-state index in [2.05, 4.69) is 34.6 Å². The molecule has 0 radical (unpaired) electrons. The Morgan fingerprint density at radius 2 is 1.89 bits per heavy atom. The lowest BCUT2D eigenvalue weighted by Crippen LogP contribution is -2.23. The maximum absolute atomic E-state index is 9.26. The van der Waals surface area contributed by atoms with E-state index in [0.717, 1.165) is 22.3 Å². The van der Waals surface area contributed by atoms with Crippen LogP contribution in [-0.2, 0) is 18.1 Å². The smallest absolute Gasteiger partial charge is 0.194 e. The van der Waals surface area contributed by atoms with Crippen molar-refractivity contribution in [3.63, 3.8) is 0 Å². The van der Waals surface area contributed by atoms with Gasteiger partial charge in [0, 0.05) is 26.6 Å². The Kier molecular flexibility index (Phi) is 9.74. The van der Waals surface area contributed by atoms with Crippen LogP contribution in [0.5, 0.6) is 0 Å². The number of aliphatic hydroxyl groups is 1. The Labute approximate surface area is 240 Å². The lowest BCUT2D eigenvalue weighted by Gasteiger charge is -2.15. The van der Waals surface area contributed by atoms with Crippen LogP contribution in [0, 0.1) is 6.92 Å². The maximum Gasteiger partial charge on any atom is 0.194 e. The van der Waals surface area contributed by atoms with Gasteiger partial charge >= 0.3 is 0 Å². The number of aliphatic hydroxyl groups excluding tert-OH is 1. The third kappa shape index (κ3) is 7.95. The molecule has 3 heterocycles. The Morgan fingerprint density at radius 3 is 2.55 bits per heavy atom. The first kappa shape index (κ1) is 28.9. The zero-order valence-electron chi connectivity index (χ0n) is 21.5. The number of thiazole rings is 1. The highest BCUT2D eigenvalue weighted by Crippen LogP contribution is 2.37. The number of hydrogen-bond acceptors (Lipinski definition) is 9. The van der Waals surface area contributed by atoms with E-state index in [1.165, 1.54) is 35.5 Å². The Balaban J connectivity index is 1.68. The topological polar surface area (TPSA) is 98.3 Å². The highest BCUT2D eigenvalue weighted by molar-refractivity contribution is 7.99. The van der Waals surface area contributed by atoms with Gasteiger partial charge in [0.2, 0.25) is 0 Å². The normalized spacial score (nSPS) is 12.3. The molecule has 0 unspecified atom stereocenters. The Bertz CT molecular complexity index is 1450. The van der Waals surface area contributed by atoms with Crippen LogP contribution in [0.1, 0.15) is 11.4 Å². The third-order valence-electron chi connectivity index (χ3n) is 5.21.